The van der Waals surface area contributed by atoms with E-state index in [0.717, 1.165) is 18.8 Å². The van der Waals surface area contributed by atoms with Crippen molar-refractivity contribution in [1.82, 2.24) is 9.97 Å². The first-order valence-electron chi connectivity index (χ1n) is 9.81. The van der Waals surface area contributed by atoms with Gasteiger partial charge < -0.3 is 19.5 Å². The Hall–Kier alpha value is -2.58. The molecule has 0 amide bonds. The number of hydrogen-bond acceptors (Lipinski definition) is 8. The Kier molecular flexibility index (Phi) is 6.76. The first kappa shape index (κ1) is 21.1. The number of benzene rings is 1. The summed E-state index contributed by atoms with van der Waals surface area (Å²) in [5.74, 6) is 0.998. The summed E-state index contributed by atoms with van der Waals surface area (Å²) in [6.07, 6.45) is 0. The number of ether oxygens (including phenoxy) is 2. The van der Waals surface area contributed by atoms with Gasteiger partial charge in [-0.15, -0.1) is 0 Å². The zero-order valence-corrected chi connectivity index (χ0v) is 17.6. The first-order valence-corrected chi connectivity index (χ1v) is 9.81. The summed E-state index contributed by atoms with van der Waals surface area (Å²) in [6, 6.07) is 7.74. The van der Waals surface area contributed by atoms with Crippen molar-refractivity contribution in [3.8, 4) is 5.88 Å². The van der Waals surface area contributed by atoms with E-state index in [4.69, 9.17) is 9.47 Å². The summed E-state index contributed by atoms with van der Waals surface area (Å²) >= 11 is 0. The van der Waals surface area contributed by atoms with Crippen molar-refractivity contribution < 1.29 is 14.6 Å². The number of aromatic nitrogens is 2. The van der Waals surface area contributed by atoms with Gasteiger partial charge in [0.1, 0.15) is 13.2 Å². The SMILES string of the molecule is Cc1ccc(N=NCc2cc(OCC(C)(C)O)nc(N3CCOCC3)n2)cc1C. The second kappa shape index (κ2) is 9.28. The molecule has 0 atom stereocenters. The van der Waals surface area contributed by atoms with Gasteiger partial charge in [-0.1, -0.05) is 6.07 Å². The van der Waals surface area contributed by atoms with E-state index in [1.54, 1.807) is 19.9 Å². The highest BCUT2D eigenvalue weighted by Gasteiger charge is 2.18. The molecule has 0 spiro atoms. The zero-order valence-electron chi connectivity index (χ0n) is 17.6. The molecule has 0 saturated carbocycles. The Morgan fingerprint density at radius 2 is 1.90 bits per heavy atom. The molecular weight excluding hydrogens is 370 g/mol. The summed E-state index contributed by atoms with van der Waals surface area (Å²) in [4.78, 5) is 11.2. The van der Waals surface area contributed by atoms with Gasteiger partial charge in [0.2, 0.25) is 11.8 Å². The molecule has 1 aliphatic heterocycles. The van der Waals surface area contributed by atoms with Gasteiger partial charge in [0.15, 0.2) is 0 Å². The number of hydrogen-bond donors (Lipinski definition) is 1. The largest absolute Gasteiger partial charge is 0.474 e. The van der Waals surface area contributed by atoms with Gasteiger partial charge in [-0.05, 0) is 51.0 Å². The Bertz CT molecular complexity index is 858. The Labute approximate surface area is 171 Å². The molecular formula is C21H29N5O3. The third-order valence-electron chi connectivity index (χ3n) is 4.52. The van der Waals surface area contributed by atoms with Crippen LogP contribution in [0.2, 0.25) is 0 Å². The first-order chi connectivity index (χ1) is 13.8. The molecule has 2 heterocycles. The highest BCUT2D eigenvalue weighted by atomic mass is 16.5. The maximum Gasteiger partial charge on any atom is 0.229 e. The van der Waals surface area contributed by atoms with E-state index < -0.39 is 5.60 Å². The molecule has 2 aromatic rings. The molecule has 8 nitrogen and oxygen atoms in total. The van der Waals surface area contributed by atoms with Gasteiger partial charge in [-0.2, -0.15) is 15.2 Å². The van der Waals surface area contributed by atoms with E-state index >= 15 is 0 Å². The number of nitrogens with zero attached hydrogens (tertiary/aromatic N) is 5. The second-order valence-corrected chi connectivity index (χ2v) is 7.87. The molecule has 1 aromatic heterocycles. The van der Waals surface area contributed by atoms with Crippen LogP contribution in [-0.4, -0.2) is 53.6 Å². The van der Waals surface area contributed by atoms with Gasteiger partial charge in [0.25, 0.3) is 0 Å². The van der Waals surface area contributed by atoms with Gasteiger partial charge in [-0.3, -0.25) is 0 Å². The topological polar surface area (TPSA) is 92.4 Å². The van der Waals surface area contributed by atoms with Crippen molar-refractivity contribution in [2.24, 2.45) is 10.2 Å². The zero-order chi connectivity index (χ0) is 20.9. The number of anilines is 1. The minimum atomic E-state index is -0.951. The fraction of sp³-hybridized carbons (Fsp3) is 0.524. The summed E-state index contributed by atoms with van der Waals surface area (Å²) < 4.78 is 11.1. The van der Waals surface area contributed by atoms with Crippen LogP contribution in [0, 0.1) is 13.8 Å². The molecule has 8 heteroatoms. The van der Waals surface area contributed by atoms with Gasteiger partial charge in [0, 0.05) is 19.2 Å². The molecule has 0 bridgehead atoms. The van der Waals surface area contributed by atoms with E-state index in [1.165, 1.54) is 11.1 Å². The number of azo groups is 1. The van der Waals surface area contributed by atoms with E-state index in [1.807, 2.05) is 18.2 Å². The molecule has 29 heavy (non-hydrogen) atoms. The van der Waals surface area contributed by atoms with E-state index in [2.05, 4.69) is 38.9 Å². The minimum Gasteiger partial charge on any atom is -0.474 e. The third-order valence-corrected chi connectivity index (χ3v) is 4.52. The molecule has 1 fully saturated rings. The summed E-state index contributed by atoms with van der Waals surface area (Å²) in [6.45, 7) is 10.7. The standard InChI is InChI=1S/C21H29N5O3/c1-15-5-6-17(11-16(15)2)25-22-13-18-12-19(29-14-21(3,4)27)24-20(23-18)26-7-9-28-10-8-26/h5-6,11-12,27H,7-10,13-14H2,1-4H3. The van der Waals surface area contributed by atoms with Crippen LogP contribution >= 0.6 is 0 Å². The lowest BCUT2D eigenvalue weighted by Gasteiger charge is -2.27. The average molecular weight is 399 g/mol. The fourth-order valence-corrected chi connectivity index (χ4v) is 2.75. The van der Waals surface area contributed by atoms with Gasteiger partial charge in [0.05, 0.1) is 30.2 Å². The van der Waals surface area contributed by atoms with Crippen molar-refractivity contribution in [1.29, 1.82) is 0 Å². The normalized spacial score (nSPS) is 15.1. The number of aliphatic hydroxyl groups is 1. The molecule has 0 aliphatic carbocycles. The number of morpholine rings is 1. The van der Waals surface area contributed by atoms with E-state index in [0.29, 0.717) is 37.3 Å². The Balaban J connectivity index is 1.77. The van der Waals surface area contributed by atoms with Crippen LogP contribution in [0.15, 0.2) is 34.5 Å². The predicted octanol–water partition coefficient (Wildman–Crippen LogP) is 3.36. The maximum absolute atomic E-state index is 9.95. The van der Waals surface area contributed by atoms with Crippen LogP contribution in [0.4, 0.5) is 11.6 Å². The predicted molar refractivity (Wildman–Crippen MR) is 111 cm³/mol. The quantitative estimate of drug-likeness (QED) is 0.718. The molecule has 0 unspecified atom stereocenters. The van der Waals surface area contributed by atoms with Crippen molar-refractivity contribution in [3.63, 3.8) is 0 Å². The second-order valence-electron chi connectivity index (χ2n) is 7.87. The van der Waals surface area contributed by atoms with Crippen LogP contribution in [0.1, 0.15) is 30.7 Å². The Morgan fingerprint density at radius 3 is 2.59 bits per heavy atom. The monoisotopic (exact) mass is 399 g/mol. The molecule has 1 N–H and O–H groups in total. The molecule has 0 radical (unpaired) electrons. The molecule has 1 aromatic carbocycles. The number of aryl methyl sites for hydroxylation is 2. The lowest BCUT2D eigenvalue weighted by atomic mass is 10.1. The molecule has 3 rings (SSSR count). The maximum atomic E-state index is 9.95. The Morgan fingerprint density at radius 1 is 1.14 bits per heavy atom. The highest BCUT2D eigenvalue weighted by Crippen LogP contribution is 2.21. The van der Waals surface area contributed by atoms with Crippen LogP contribution in [0.5, 0.6) is 5.88 Å². The van der Waals surface area contributed by atoms with Crippen molar-refractivity contribution in [2.75, 3.05) is 37.8 Å². The van der Waals surface area contributed by atoms with Crippen molar-refractivity contribution in [3.05, 3.63) is 41.1 Å². The van der Waals surface area contributed by atoms with Crippen LogP contribution in [0.25, 0.3) is 0 Å². The fourth-order valence-electron chi connectivity index (χ4n) is 2.75. The summed E-state index contributed by atoms with van der Waals surface area (Å²) in [5.41, 5.74) is 2.98. The smallest absolute Gasteiger partial charge is 0.229 e. The minimum absolute atomic E-state index is 0.135. The number of rotatable bonds is 7. The van der Waals surface area contributed by atoms with Crippen LogP contribution in [0.3, 0.4) is 0 Å². The van der Waals surface area contributed by atoms with E-state index in [-0.39, 0.29) is 6.61 Å². The van der Waals surface area contributed by atoms with Crippen LogP contribution in [-0.2, 0) is 11.3 Å². The summed E-state index contributed by atoms with van der Waals surface area (Å²) in [5, 5.41) is 18.6. The molecule has 1 aliphatic rings. The van der Waals surface area contributed by atoms with E-state index in [9.17, 15) is 5.11 Å². The summed E-state index contributed by atoms with van der Waals surface area (Å²) in [7, 11) is 0. The van der Waals surface area contributed by atoms with Crippen molar-refractivity contribution in [2.45, 2.75) is 39.8 Å². The van der Waals surface area contributed by atoms with Crippen molar-refractivity contribution >= 4 is 11.6 Å². The average Bonchev–Trinajstić information content (AvgIpc) is 2.69. The molecule has 156 valence electrons. The van der Waals surface area contributed by atoms with Gasteiger partial charge >= 0.3 is 0 Å². The lowest BCUT2D eigenvalue weighted by Crippen LogP contribution is -2.37. The third kappa shape index (κ3) is 6.47. The lowest BCUT2D eigenvalue weighted by molar-refractivity contribution is 0.0267. The highest BCUT2D eigenvalue weighted by molar-refractivity contribution is 5.42. The van der Waals surface area contributed by atoms with Crippen LogP contribution < -0.4 is 9.64 Å². The van der Waals surface area contributed by atoms with Gasteiger partial charge in [-0.25, -0.2) is 4.98 Å². The molecule has 1 saturated heterocycles.